The SMILES string of the molecule is NS(=O)(=O)c1ccc(CCNC(=O)c2sccc2-n2cccc2)cc1. The van der Waals surface area contributed by atoms with E-state index < -0.39 is 10.0 Å². The zero-order valence-corrected chi connectivity index (χ0v) is 14.9. The summed E-state index contributed by atoms with van der Waals surface area (Å²) in [5.41, 5.74) is 1.77. The molecule has 6 nitrogen and oxygen atoms in total. The summed E-state index contributed by atoms with van der Waals surface area (Å²) in [4.78, 5) is 13.1. The quantitative estimate of drug-likeness (QED) is 0.691. The first-order chi connectivity index (χ1) is 11.9. The molecule has 0 unspecified atom stereocenters. The Morgan fingerprint density at radius 1 is 1.12 bits per heavy atom. The molecule has 3 rings (SSSR count). The highest BCUT2D eigenvalue weighted by molar-refractivity contribution is 7.89. The number of sulfonamides is 1. The van der Waals surface area contributed by atoms with E-state index in [9.17, 15) is 13.2 Å². The lowest BCUT2D eigenvalue weighted by molar-refractivity contribution is 0.0958. The first kappa shape index (κ1) is 17.4. The van der Waals surface area contributed by atoms with Gasteiger partial charge in [0.2, 0.25) is 10.0 Å². The summed E-state index contributed by atoms with van der Waals surface area (Å²) >= 11 is 1.39. The first-order valence-corrected chi connectivity index (χ1v) is 9.98. The van der Waals surface area contributed by atoms with E-state index in [1.54, 1.807) is 12.1 Å². The highest BCUT2D eigenvalue weighted by Crippen LogP contribution is 2.21. The Bertz CT molecular complexity index is 959. The van der Waals surface area contributed by atoms with Gasteiger partial charge in [-0.2, -0.15) is 0 Å². The van der Waals surface area contributed by atoms with Gasteiger partial charge in [0.05, 0.1) is 10.6 Å². The number of rotatable bonds is 6. The second-order valence-corrected chi connectivity index (χ2v) is 7.90. The number of carbonyl (C=O) groups excluding carboxylic acids is 1. The average molecular weight is 375 g/mol. The van der Waals surface area contributed by atoms with E-state index in [-0.39, 0.29) is 10.8 Å². The van der Waals surface area contributed by atoms with Crippen LogP contribution in [0.2, 0.25) is 0 Å². The largest absolute Gasteiger partial charge is 0.351 e. The number of aromatic nitrogens is 1. The van der Waals surface area contributed by atoms with Gasteiger partial charge >= 0.3 is 0 Å². The van der Waals surface area contributed by atoms with Crippen LogP contribution in [0.15, 0.2) is 65.1 Å². The smallest absolute Gasteiger partial charge is 0.263 e. The topological polar surface area (TPSA) is 94.2 Å². The molecule has 2 heterocycles. The van der Waals surface area contributed by atoms with Crippen LogP contribution in [0.3, 0.4) is 0 Å². The van der Waals surface area contributed by atoms with Gasteiger partial charge in [-0.3, -0.25) is 4.79 Å². The molecule has 1 amide bonds. The van der Waals surface area contributed by atoms with E-state index in [1.807, 2.05) is 40.5 Å². The molecule has 25 heavy (non-hydrogen) atoms. The van der Waals surface area contributed by atoms with Crippen molar-refractivity contribution in [2.24, 2.45) is 5.14 Å². The predicted octanol–water partition coefficient (Wildman–Crippen LogP) is 2.16. The molecule has 0 spiro atoms. The number of benzene rings is 1. The molecule has 0 saturated heterocycles. The maximum atomic E-state index is 12.4. The molecule has 8 heteroatoms. The van der Waals surface area contributed by atoms with Crippen LogP contribution < -0.4 is 10.5 Å². The zero-order valence-electron chi connectivity index (χ0n) is 13.3. The normalized spacial score (nSPS) is 11.4. The van der Waals surface area contributed by atoms with Crippen LogP contribution in [0.5, 0.6) is 0 Å². The summed E-state index contributed by atoms with van der Waals surface area (Å²) in [6.07, 6.45) is 4.39. The van der Waals surface area contributed by atoms with Crippen molar-refractivity contribution in [3.8, 4) is 5.69 Å². The average Bonchev–Trinajstić information content (AvgIpc) is 3.25. The molecule has 0 radical (unpaired) electrons. The molecule has 2 aromatic heterocycles. The fraction of sp³-hybridized carbons (Fsp3) is 0.118. The minimum absolute atomic E-state index is 0.0789. The summed E-state index contributed by atoms with van der Waals surface area (Å²) in [5, 5.41) is 9.85. The van der Waals surface area contributed by atoms with E-state index in [0.29, 0.717) is 17.8 Å². The monoisotopic (exact) mass is 375 g/mol. The molecule has 130 valence electrons. The van der Waals surface area contributed by atoms with Gasteiger partial charge in [0.25, 0.3) is 5.91 Å². The number of nitrogens with zero attached hydrogens (tertiary/aromatic N) is 1. The van der Waals surface area contributed by atoms with Crippen molar-refractivity contribution >= 4 is 27.3 Å². The van der Waals surface area contributed by atoms with Crippen LogP contribution in [-0.4, -0.2) is 25.4 Å². The van der Waals surface area contributed by atoms with E-state index >= 15 is 0 Å². The van der Waals surface area contributed by atoms with Crippen molar-refractivity contribution in [2.45, 2.75) is 11.3 Å². The number of hydrogen-bond acceptors (Lipinski definition) is 4. The van der Waals surface area contributed by atoms with Crippen molar-refractivity contribution in [3.05, 3.63) is 70.7 Å². The minimum atomic E-state index is -3.68. The Labute approximate surface area is 150 Å². The van der Waals surface area contributed by atoms with Gasteiger partial charge in [0.15, 0.2) is 0 Å². The van der Waals surface area contributed by atoms with E-state index in [4.69, 9.17) is 5.14 Å². The molecular formula is C17H17N3O3S2. The number of amides is 1. The van der Waals surface area contributed by atoms with Gasteiger partial charge in [0, 0.05) is 18.9 Å². The number of primary sulfonamides is 1. The van der Waals surface area contributed by atoms with Gasteiger partial charge in [-0.15, -0.1) is 11.3 Å². The van der Waals surface area contributed by atoms with Gasteiger partial charge in [0.1, 0.15) is 4.88 Å². The predicted molar refractivity (Wildman–Crippen MR) is 97.5 cm³/mol. The highest BCUT2D eigenvalue weighted by Gasteiger charge is 2.14. The van der Waals surface area contributed by atoms with Crippen molar-refractivity contribution < 1.29 is 13.2 Å². The molecule has 0 aliphatic rings. The molecule has 0 bridgehead atoms. The summed E-state index contributed by atoms with van der Waals surface area (Å²) in [7, 11) is -3.68. The van der Waals surface area contributed by atoms with Crippen LogP contribution in [0.25, 0.3) is 5.69 Å². The molecule has 1 aromatic carbocycles. The Balaban J connectivity index is 1.60. The second kappa shape index (κ2) is 7.22. The van der Waals surface area contributed by atoms with Crippen LogP contribution >= 0.6 is 11.3 Å². The van der Waals surface area contributed by atoms with Crippen LogP contribution in [-0.2, 0) is 16.4 Å². The Kier molecular flexibility index (Phi) is 5.03. The lowest BCUT2D eigenvalue weighted by atomic mass is 10.1. The van der Waals surface area contributed by atoms with Crippen molar-refractivity contribution in [3.63, 3.8) is 0 Å². The third kappa shape index (κ3) is 4.16. The number of carbonyl (C=O) groups is 1. The van der Waals surface area contributed by atoms with E-state index in [0.717, 1.165) is 11.3 Å². The summed E-state index contributed by atoms with van der Waals surface area (Å²) in [5.74, 6) is -0.125. The molecule has 0 aliphatic carbocycles. The van der Waals surface area contributed by atoms with E-state index in [1.165, 1.54) is 23.5 Å². The number of thiophene rings is 1. The van der Waals surface area contributed by atoms with Gasteiger partial charge < -0.3 is 9.88 Å². The molecule has 0 atom stereocenters. The molecule has 0 fully saturated rings. The van der Waals surface area contributed by atoms with Crippen molar-refractivity contribution in [1.82, 2.24) is 9.88 Å². The summed E-state index contributed by atoms with van der Waals surface area (Å²) in [6.45, 7) is 0.455. The molecule has 0 aliphatic heterocycles. The highest BCUT2D eigenvalue weighted by atomic mass is 32.2. The Morgan fingerprint density at radius 2 is 1.80 bits per heavy atom. The third-order valence-electron chi connectivity index (χ3n) is 3.68. The molecule has 3 aromatic rings. The summed E-state index contributed by atoms with van der Waals surface area (Å²) in [6, 6.07) is 12.1. The Hall–Kier alpha value is -2.42. The minimum Gasteiger partial charge on any atom is -0.351 e. The third-order valence-corrected chi connectivity index (χ3v) is 5.52. The lowest BCUT2D eigenvalue weighted by Crippen LogP contribution is -2.25. The lowest BCUT2D eigenvalue weighted by Gasteiger charge is -2.07. The van der Waals surface area contributed by atoms with E-state index in [2.05, 4.69) is 5.32 Å². The number of nitrogens with two attached hydrogens (primary N) is 1. The molecule has 0 saturated carbocycles. The second-order valence-electron chi connectivity index (χ2n) is 5.42. The van der Waals surface area contributed by atoms with Crippen molar-refractivity contribution in [2.75, 3.05) is 6.54 Å². The van der Waals surface area contributed by atoms with Crippen LogP contribution in [0.4, 0.5) is 0 Å². The summed E-state index contributed by atoms with van der Waals surface area (Å²) < 4.78 is 24.4. The standard InChI is InChI=1S/C17H17N3O3S2/c18-25(22,23)14-5-3-13(4-6-14)7-9-19-17(21)16-15(8-12-24-16)20-10-1-2-11-20/h1-6,8,10-12H,7,9H2,(H,19,21)(H2,18,22,23). The van der Waals surface area contributed by atoms with Gasteiger partial charge in [-0.05, 0) is 47.7 Å². The zero-order chi connectivity index (χ0) is 17.9. The number of nitrogens with one attached hydrogen (secondary N) is 1. The fourth-order valence-electron chi connectivity index (χ4n) is 2.42. The molecular weight excluding hydrogens is 358 g/mol. The van der Waals surface area contributed by atoms with Crippen molar-refractivity contribution in [1.29, 1.82) is 0 Å². The van der Waals surface area contributed by atoms with Crippen LogP contribution in [0, 0.1) is 0 Å². The number of hydrogen-bond donors (Lipinski definition) is 2. The molecule has 3 N–H and O–H groups in total. The first-order valence-electron chi connectivity index (χ1n) is 7.56. The van der Waals surface area contributed by atoms with Crippen LogP contribution in [0.1, 0.15) is 15.2 Å². The fourth-order valence-corrected chi connectivity index (χ4v) is 3.74. The maximum absolute atomic E-state index is 12.4. The van der Waals surface area contributed by atoms with Gasteiger partial charge in [-0.25, -0.2) is 13.6 Å². The van der Waals surface area contributed by atoms with Gasteiger partial charge in [-0.1, -0.05) is 12.1 Å². The maximum Gasteiger partial charge on any atom is 0.263 e. The Morgan fingerprint density at radius 3 is 2.44 bits per heavy atom.